The Morgan fingerprint density at radius 1 is 1.20 bits per heavy atom. The van der Waals surface area contributed by atoms with Gasteiger partial charge >= 0.3 is 11.9 Å². The third kappa shape index (κ3) is 1.76. The van der Waals surface area contributed by atoms with E-state index in [1.165, 1.54) is 14.2 Å². The standard InChI is InChI=1S/C11H16O4/c1-5-7-6(2)8(10(12)14-3)9(7)11(13)15-4/h5-6,8-9H,1-4H3/b7-5-/t6-,8-,9-/m1/s1. The number of esters is 2. The number of allylic oxidation sites excluding steroid dienone is 1. The Bertz CT molecular complexity index is 306. The predicted molar refractivity (Wildman–Crippen MR) is 53.9 cm³/mol. The van der Waals surface area contributed by atoms with Gasteiger partial charge < -0.3 is 9.47 Å². The molecule has 0 aliphatic heterocycles. The summed E-state index contributed by atoms with van der Waals surface area (Å²) in [7, 11) is 2.66. The van der Waals surface area contributed by atoms with Crippen molar-refractivity contribution in [2.45, 2.75) is 13.8 Å². The second-order valence-corrected chi connectivity index (χ2v) is 3.63. The fraction of sp³-hybridized carbons (Fsp3) is 0.636. The summed E-state index contributed by atoms with van der Waals surface area (Å²) in [6.45, 7) is 3.77. The summed E-state index contributed by atoms with van der Waals surface area (Å²) < 4.78 is 9.34. The van der Waals surface area contributed by atoms with E-state index in [4.69, 9.17) is 0 Å². The lowest BCUT2D eigenvalue weighted by Crippen LogP contribution is -2.48. The van der Waals surface area contributed by atoms with Gasteiger partial charge in [0.2, 0.25) is 0 Å². The molecular formula is C11H16O4. The Morgan fingerprint density at radius 3 is 2.13 bits per heavy atom. The molecule has 0 radical (unpaired) electrons. The minimum Gasteiger partial charge on any atom is -0.469 e. The summed E-state index contributed by atoms with van der Waals surface area (Å²) in [5, 5.41) is 0. The zero-order valence-corrected chi connectivity index (χ0v) is 9.44. The SMILES string of the molecule is C/C=C1/[C@@H](C)[C@@H](C(=O)OC)[C@@H]1C(=O)OC. The molecule has 0 spiro atoms. The lowest BCUT2D eigenvalue weighted by molar-refractivity contribution is -0.162. The van der Waals surface area contributed by atoms with E-state index in [0.29, 0.717) is 0 Å². The van der Waals surface area contributed by atoms with Crippen molar-refractivity contribution in [1.29, 1.82) is 0 Å². The van der Waals surface area contributed by atoms with Gasteiger partial charge in [0.25, 0.3) is 0 Å². The van der Waals surface area contributed by atoms with Crippen molar-refractivity contribution < 1.29 is 19.1 Å². The van der Waals surface area contributed by atoms with Gasteiger partial charge in [0.05, 0.1) is 26.1 Å². The van der Waals surface area contributed by atoms with Gasteiger partial charge in [-0.15, -0.1) is 0 Å². The third-order valence-corrected chi connectivity index (χ3v) is 3.04. The van der Waals surface area contributed by atoms with Gasteiger partial charge in [0.1, 0.15) is 0 Å². The van der Waals surface area contributed by atoms with Crippen molar-refractivity contribution in [2.24, 2.45) is 17.8 Å². The highest BCUT2D eigenvalue weighted by Crippen LogP contribution is 2.46. The van der Waals surface area contributed by atoms with E-state index in [1.54, 1.807) is 0 Å². The quantitative estimate of drug-likeness (QED) is 0.509. The molecule has 84 valence electrons. The first-order chi connectivity index (χ1) is 7.08. The normalized spacial score (nSPS) is 32.0. The molecule has 1 fully saturated rings. The monoisotopic (exact) mass is 212 g/mol. The molecule has 0 heterocycles. The maximum Gasteiger partial charge on any atom is 0.313 e. The summed E-state index contributed by atoms with van der Waals surface area (Å²) >= 11 is 0. The van der Waals surface area contributed by atoms with Crippen LogP contribution in [0.4, 0.5) is 0 Å². The van der Waals surface area contributed by atoms with E-state index >= 15 is 0 Å². The molecule has 0 saturated heterocycles. The van der Waals surface area contributed by atoms with Gasteiger partial charge in [-0.05, 0) is 12.8 Å². The van der Waals surface area contributed by atoms with Crippen LogP contribution in [0.15, 0.2) is 11.6 Å². The highest BCUT2D eigenvalue weighted by atomic mass is 16.5. The number of rotatable bonds is 2. The van der Waals surface area contributed by atoms with Crippen LogP contribution in [-0.2, 0) is 19.1 Å². The Hall–Kier alpha value is -1.32. The molecule has 1 aliphatic rings. The van der Waals surface area contributed by atoms with Crippen LogP contribution >= 0.6 is 0 Å². The van der Waals surface area contributed by atoms with Crippen LogP contribution < -0.4 is 0 Å². The lowest BCUT2D eigenvalue weighted by Gasteiger charge is -2.41. The van der Waals surface area contributed by atoms with Gasteiger partial charge in [0.15, 0.2) is 0 Å². The molecule has 1 rings (SSSR count). The summed E-state index contributed by atoms with van der Waals surface area (Å²) in [5.41, 5.74) is 0.956. The zero-order valence-electron chi connectivity index (χ0n) is 9.44. The predicted octanol–water partition coefficient (Wildman–Crippen LogP) is 1.16. The van der Waals surface area contributed by atoms with Crippen molar-refractivity contribution in [3.63, 3.8) is 0 Å². The second-order valence-electron chi connectivity index (χ2n) is 3.63. The average Bonchev–Trinajstić information content (AvgIpc) is 2.24. The maximum atomic E-state index is 11.5. The van der Waals surface area contributed by atoms with E-state index in [0.717, 1.165) is 5.57 Å². The van der Waals surface area contributed by atoms with Crippen molar-refractivity contribution in [2.75, 3.05) is 14.2 Å². The summed E-state index contributed by atoms with van der Waals surface area (Å²) in [5.74, 6) is -1.50. The first-order valence-corrected chi connectivity index (χ1v) is 4.90. The Labute approximate surface area is 89.2 Å². The molecule has 0 bridgehead atoms. The molecule has 0 unspecified atom stereocenters. The van der Waals surface area contributed by atoms with Crippen LogP contribution in [0.3, 0.4) is 0 Å². The van der Waals surface area contributed by atoms with Crippen LogP contribution in [0.2, 0.25) is 0 Å². The third-order valence-electron chi connectivity index (χ3n) is 3.04. The summed E-state index contributed by atoms with van der Waals surface area (Å²) in [6, 6.07) is 0. The summed E-state index contributed by atoms with van der Waals surface area (Å²) in [6.07, 6.45) is 1.87. The van der Waals surface area contributed by atoms with Crippen LogP contribution in [0.5, 0.6) is 0 Å². The Morgan fingerprint density at radius 2 is 1.73 bits per heavy atom. The van der Waals surface area contributed by atoms with Gasteiger partial charge in [-0.1, -0.05) is 18.6 Å². The fourth-order valence-electron chi connectivity index (χ4n) is 2.20. The molecule has 0 aromatic carbocycles. The number of carbonyl (C=O) groups is 2. The summed E-state index contributed by atoms with van der Waals surface area (Å²) in [4.78, 5) is 22.9. The largest absolute Gasteiger partial charge is 0.469 e. The highest BCUT2D eigenvalue weighted by molar-refractivity contribution is 5.88. The van der Waals surface area contributed by atoms with Gasteiger partial charge in [-0.25, -0.2) is 0 Å². The van der Waals surface area contributed by atoms with Crippen LogP contribution in [-0.4, -0.2) is 26.2 Å². The molecule has 1 saturated carbocycles. The molecule has 4 nitrogen and oxygen atoms in total. The number of methoxy groups -OCH3 is 2. The molecule has 1 aliphatic carbocycles. The van der Waals surface area contributed by atoms with Crippen LogP contribution in [0.25, 0.3) is 0 Å². The van der Waals surface area contributed by atoms with E-state index in [1.807, 2.05) is 19.9 Å². The number of ether oxygens (including phenoxy) is 2. The van der Waals surface area contributed by atoms with E-state index < -0.39 is 11.8 Å². The molecule has 3 atom stereocenters. The first kappa shape index (κ1) is 11.8. The van der Waals surface area contributed by atoms with Crippen molar-refractivity contribution in [3.8, 4) is 0 Å². The molecule has 0 N–H and O–H groups in total. The van der Waals surface area contributed by atoms with Crippen molar-refractivity contribution >= 4 is 11.9 Å². The molecule has 4 heteroatoms. The molecular weight excluding hydrogens is 196 g/mol. The van der Waals surface area contributed by atoms with Gasteiger partial charge in [-0.3, -0.25) is 9.59 Å². The highest BCUT2D eigenvalue weighted by Gasteiger charge is 2.52. The molecule has 0 aromatic rings. The minimum absolute atomic E-state index is 0.0616. The van der Waals surface area contributed by atoms with E-state index in [2.05, 4.69) is 9.47 Å². The first-order valence-electron chi connectivity index (χ1n) is 4.90. The van der Waals surface area contributed by atoms with Crippen LogP contribution in [0.1, 0.15) is 13.8 Å². The number of hydrogen-bond donors (Lipinski definition) is 0. The molecule has 15 heavy (non-hydrogen) atoms. The molecule has 0 aromatic heterocycles. The van der Waals surface area contributed by atoms with E-state index in [9.17, 15) is 9.59 Å². The van der Waals surface area contributed by atoms with E-state index in [-0.39, 0.29) is 17.9 Å². The zero-order chi connectivity index (χ0) is 11.6. The number of carbonyl (C=O) groups excluding carboxylic acids is 2. The van der Waals surface area contributed by atoms with Crippen molar-refractivity contribution in [3.05, 3.63) is 11.6 Å². The molecule has 0 amide bonds. The Balaban J connectivity index is 2.89. The van der Waals surface area contributed by atoms with Crippen molar-refractivity contribution in [1.82, 2.24) is 0 Å². The average molecular weight is 212 g/mol. The topological polar surface area (TPSA) is 52.6 Å². The smallest absolute Gasteiger partial charge is 0.313 e. The number of hydrogen-bond acceptors (Lipinski definition) is 4. The van der Waals surface area contributed by atoms with Gasteiger partial charge in [-0.2, -0.15) is 0 Å². The minimum atomic E-state index is -0.456. The van der Waals surface area contributed by atoms with Gasteiger partial charge in [0, 0.05) is 0 Å². The second kappa shape index (κ2) is 4.47. The van der Waals surface area contributed by atoms with Crippen LogP contribution in [0, 0.1) is 17.8 Å². The lowest BCUT2D eigenvalue weighted by atomic mass is 9.61. The Kier molecular flexibility index (Phi) is 3.50. The maximum absolute atomic E-state index is 11.5. The fourth-order valence-corrected chi connectivity index (χ4v) is 2.20.